The Kier molecular flexibility index (Phi) is 13.7. The zero-order valence-electron chi connectivity index (χ0n) is 6.98. The van der Waals surface area contributed by atoms with E-state index in [1.807, 2.05) is 13.8 Å². The molecule has 0 aromatic rings. The van der Waals surface area contributed by atoms with Gasteiger partial charge in [0.15, 0.2) is 0 Å². The van der Waals surface area contributed by atoms with E-state index < -0.39 is 0 Å². The highest BCUT2D eigenvalue weighted by atomic mass is 14.7. The summed E-state index contributed by atoms with van der Waals surface area (Å²) in [7, 11) is 0. The standard InChI is InChI=1S/C5H13N3.C2H6/c6-4-2-1-3-5(7)8;1-2/h1-4,6H2,(H3,7,8);1-2H3. The smallest absolute Gasteiger partial charge is 0.0905 e. The Morgan fingerprint density at radius 1 is 1.30 bits per heavy atom. The highest BCUT2D eigenvalue weighted by Gasteiger charge is 1.86. The molecule has 5 N–H and O–H groups in total. The SMILES string of the molecule is CC.N=C(N)CCCCN. The molecule has 0 aliphatic rings. The van der Waals surface area contributed by atoms with Crippen LogP contribution in [-0.4, -0.2) is 12.4 Å². The van der Waals surface area contributed by atoms with E-state index in [0.717, 1.165) is 12.8 Å². The van der Waals surface area contributed by atoms with Gasteiger partial charge in [-0.05, 0) is 19.4 Å². The molecule has 0 bridgehead atoms. The normalized spacial score (nSPS) is 7.90. The average Bonchev–Trinajstić information content (AvgIpc) is 1.92. The van der Waals surface area contributed by atoms with Gasteiger partial charge in [0.05, 0.1) is 5.84 Å². The zero-order valence-corrected chi connectivity index (χ0v) is 6.98. The van der Waals surface area contributed by atoms with Crippen molar-refractivity contribution in [1.29, 1.82) is 5.41 Å². The van der Waals surface area contributed by atoms with Crippen LogP contribution in [0.5, 0.6) is 0 Å². The van der Waals surface area contributed by atoms with Gasteiger partial charge in [-0.15, -0.1) is 0 Å². The Labute approximate surface area is 63.3 Å². The lowest BCUT2D eigenvalue weighted by Gasteiger charge is -1.93. The van der Waals surface area contributed by atoms with E-state index in [1.54, 1.807) is 0 Å². The second-order valence-electron chi connectivity index (χ2n) is 1.77. The number of amidine groups is 1. The first-order valence-corrected chi connectivity index (χ1v) is 3.80. The lowest BCUT2D eigenvalue weighted by atomic mass is 10.2. The minimum Gasteiger partial charge on any atom is -0.388 e. The van der Waals surface area contributed by atoms with Gasteiger partial charge in [-0.3, -0.25) is 5.41 Å². The van der Waals surface area contributed by atoms with Crippen molar-refractivity contribution in [3.8, 4) is 0 Å². The average molecular weight is 145 g/mol. The molecular formula is C7H19N3. The van der Waals surface area contributed by atoms with Crippen LogP contribution in [0.1, 0.15) is 33.1 Å². The molecule has 62 valence electrons. The van der Waals surface area contributed by atoms with E-state index in [4.69, 9.17) is 16.9 Å². The number of rotatable bonds is 4. The second kappa shape index (κ2) is 11.3. The number of unbranched alkanes of at least 4 members (excludes halogenated alkanes) is 1. The third kappa shape index (κ3) is 15.7. The summed E-state index contributed by atoms with van der Waals surface area (Å²) in [5.74, 6) is 0.262. The van der Waals surface area contributed by atoms with E-state index >= 15 is 0 Å². The van der Waals surface area contributed by atoms with Gasteiger partial charge in [-0.1, -0.05) is 13.8 Å². The quantitative estimate of drug-likeness (QED) is 0.314. The van der Waals surface area contributed by atoms with E-state index in [2.05, 4.69) is 0 Å². The molecule has 0 amide bonds. The Morgan fingerprint density at radius 3 is 2.10 bits per heavy atom. The fourth-order valence-corrected chi connectivity index (χ4v) is 0.460. The van der Waals surface area contributed by atoms with Crippen LogP contribution in [0.15, 0.2) is 0 Å². The molecule has 0 fully saturated rings. The van der Waals surface area contributed by atoms with E-state index in [9.17, 15) is 0 Å². The molecule has 0 saturated carbocycles. The van der Waals surface area contributed by atoms with Crippen LogP contribution in [0.2, 0.25) is 0 Å². The Morgan fingerprint density at radius 2 is 1.80 bits per heavy atom. The van der Waals surface area contributed by atoms with Crippen molar-refractivity contribution >= 4 is 5.84 Å². The van der Waals surface area contributed by atoms with Crippen molar-refractivity contribution in [2.75, 3.05) is 6.54 Å². The topological polar surface area (TPSA) is 75.9 Å². The van der Waals surface area contributed by atoms with Crippen LogP contribution in [0.3, 0.4) is 0 Å². The van der Waals surface area contributed by atoms with Crippen LogP contribution in [0.25, 0.3) is 0 Å². The van der Waals surface area contributed by atoms with Gasteiger partial charge in [0.25, 0.3) is 0 Å². The molecule has 0 rings (SSSR count). The molecule has 0 aromatic heterocycles. The molecule has 0 radical (unpaired) electrons. The molecule has 0 aromatic carbocycles. The first-order valence-electron chi connectivity index (χ1n) is 3.80. The summed E-state index contributed by atoms with van der Waals surface area (Å²) in [6.07, 6.45) is 2.61. The van der Waals surface area contributed by atoms with Gasteiger partial charge in [0.2, 0.25) is 0 Å². The van der Waals surface area contributed by atoms with Crippen LogP contribution >= 0.6 is 0 Å². The lowest BCUT2D eigenvalue weighted by molar-refractivity contribution is 0.769. The molecule has 0 heterocycles. The Hall–Kier alpha value is -0.570. The second-order valence-corrected chi connectivity index (χ2v) is 1.77. The zero-order chi connectivity index (χ0) is 8.41. The summed E-state index contributed by atoms with van der Waals surface area (Å²) < 4.78 is 0. The van der Waals surface area contributed by atoms with Gasteiger partial charge in [-0.25, -0.2) is 0 Å². The number of hydrogen-bond donors (Lipinski definition) is 3. The molecule has 0 aliphatic carbocycles. The van der Waals surface area contributed by atoms with Crippen molar-refractivity contribution in [2.45, 2.75) is 33.1 Å². The van der Waals surface area contributed by atoms with Gasteiger partial charge in [0.1, 0.15) is 0 Å². The summed E-state index contributed by atoms with van der Waals surface area (Å²) in [5.41, 5.74) is 10.3. The predicted octanol–water partition coefficient (Wildman–Crippen LogP) is 1.08. The molecular weight excluding hydrogens is 126 g/mol. The molecule has 3 heteroatoms. The van der Waals surface area contributed by atoms with Crippen molar-refractivity contribution in [3.63, 3.8) is 0 Å². The number of nitrogens with two attached hydrogens (primary N) is 2. The highest BCUT2D eigenvalue weighted by molar-refractivity contribution is 5.76. The van der Waals surface area contributed by atoms with Gasteiger partial charge < -0.3 is 11.5 Å². The predicted molar refractivity (Wildman–Crippen MR) is 46.2 cm³/mol. The van der Waals surface area contributed by atoms with Crippen molar-refractivity contribution in [3.05, 3.63) is 0 Å². The molecule has 0 saturated heterocycles. The summed E-state index contributed by atoms with van der Waals surface area (Å²) >= 11 is 0. The lowest BCUT2D eigenvalue weighted by Crippen LogP contribution is -2.09. The maximum absolute atomic E-state index is 6.81. The largest absolute Gasteiger partial charge is 0.388 e. The van der Waals surface area contributed by atoms with Gasteiger partial charge in [-0.2, -0.15) is 0 Å². The Balaban J connectivity index is 0. The summed E-state index contributed by atoms with van der Waals surface area (Å²) in [6, 6.07) is 0. The van der Waals surface area contributed by atoms with Crippen LogP contribution in [-0.2, 0) is 0 Å². The molecule has 0 unspecified atom stereocenters. The molecule has 10 heavy (non-hydrogen) atoms. The summed E-state index contributed by atoms with van der Waals surface area (Å²) in [5, 5.41) is 6.81. The minimum atomic E-state index is 0.262. The molecule has 0 atom stereocenters. The van der Waals surface area contributed by atoms with Gasteiger partial charge >= 0.3 is 0 Å². The van der Waals surface area contributed by atoms with Gasteiger partial charge in [0, 0.05) is 6.42 Å². The monoisotopic (exact) mass is 145 g/mol. The van der Waals surface area contributed by atoms with Crippen LogP contribution in [0, 0.1) is 5.41 Å². The fourth-order valence-electron chi connectivity index (χ4n) is 0.460. The third-order valence-corrected chi connectivity index (χ3v) is 0.900. The van der Waals surface area contributed by atoms with Crippen LogP contribution in [0.4, 0.5) is 0 Å². The maximum atomic E-state index is 6.81. The summed E-state index contributed by atoms with van der Waals surface area (Å²) in [6.45, 7) is 4.70. The van der Waals surface area contributed by atoms with E-state index in [1.165, 1.54) is 0 Å². The summed E-state index contributed by atoms with van der Waals surface area (Å²) in [4.78, 5) is 0. The van der Waals surface area contributed by atoms with Crippen molar-refractivity contribution in [1.82, 2.24) is 0 Å². The minimum absolute atomic E-state index is 0.262. The molecule has 3 nitrogen and oxygen atoms in total. The molecule has 0 spiro atoms. The number of nitrogens with one attached hydrogen (secondary N) is 1. The van der Waals surface area contributed by atoms with Crippen molar-refractivity contribution < 1.29 is 0 Å². The highest BCUT2D eigenvalue weighted by Crippen LogP contribution is 1.90. The first-order chi connectivity index (χ1) is 4.77. The number of hydrogen-bond acceptors (Lipinski definition) is 2. The van der Waals surface area contributed by atoms with E-state index in [0.29, 0.717) is 13.0 Å². The Bertz CT molecular complexity index is 71.3. The first kappa shape index (κ1) is 12.1. The fraction of sp³-hybridized carbons (Fsp3) is 0.857. The maximum Gasteiger partial charge on any atom is 0.0905 e. The van der Waals surface area contributed by atoms with E-state index in [-0.39, 0.29) is 5.84 Å². The van der Waals surface area contributed by atoms with Crippen LogP contribution < -0.4 is 11.5 Å². The molecule has 0 aliphatic heterocycles. The third-order valence-electron chi connectivity index (χ3n) is 0.900. The van der Waals surface area contributed by atoms with Crippen molar-refractivity contribution in [2.24, 2.45) is 11.5 Å².